The Labute approximate surface area is 197 Å². The van der Waals surface area contributed by atoms with E-state index in [0.717, 1.165) is 37.5 Å². The first kappa shape index (κ1) is 24.2. The minimum atomic E-state index is -3.96. The van der Waals surface area contributed by atoms with E-state index in [4.69, 9.17) is 0 Å². The summed E-state index contributed by atoms with van der Waals surface area (Å²) in [4.78, 5) is 13.0. The number of nitrogens with zero attached hydrogens (tertiary/aromatic N) is 3. The maximum atomic E-state index is 13.5. The van der Waals surface area contributed by atoms with E-state index in [1.165, 1.54) is 11.3 Å². The molecule has 0 atom stereocenters. The second-order valence-electron chi connectivity index (χ2n) is 7.38. The van der Waals surface area contributed by atoms with E-state index in [-0.39, 0.29) is 11.4 Å². The van der Waals surface area contributed by atoms with Crippen LogP contribution in [0.3, 0.4) is 0 Å². The third-order valence-electron chi connectivity index (χ3n) is 4.60. The minimum Gasteiger partial charge on any atom is -0.299 e. The van der Waals surface area contributed by atoms with Crippen LogP contribution < -0.4 is 9.62 Å². The molecule has 2 aromatic carbocycles. The normalized spacial score (nSPS) is 11.4. The molecule has 0 saturated heterocycles. The van der Waals surface area contributed by atoms with Crippen molar-refractivity contribution >= 4 is 49.8 Å². The maximum absolute atomic E-state index is 13.5. The van der Waals surface area contributed by atoms with E-state index in [1.807, 2.05) is 32.9 Å². The van der Waals surface area contributed by atoms with Crippen LogP contribution in [-0.4, -0.2) is 36.8 Å². The quantitative estimate of drug-likeness (QED) is 0.342. The molecule has 3 rings (SSSR count). The van der Waals surface area contributed by atoms with Crippen molar-refractivity contribution < 1.29 is 13.2 Å². The molecule has 0 saturated carbocycles. The number of aromatic nitrogens is 2. The van der Waals surface area contributed by atoms with Crippen LogP contribution in [0, 0.1) is 20.8 Å². The van der Waals surface area contributed by atoms with E-state index < -0.39 is 15.9 Å². The molecule has 32 heavy (non-hydrogen) atoms. The number of thioether (sulfide) groups is 1. The van der Waals surface area contributed by atoms with Gasteiger partial charge in [-0.05, 0) is 51.0 Å². The van der Waals surface area contributed by atoms with Gasteiger partial charge in [-0.25, -0.2) is 8.42 Å². The van der Waals surface area contributed by atoms with E-state index in [9.17, 15) is 13.2 Å². The van der Waals surface area contributed by atoms with Crippen molar-refractivity contribution in [2.45, 2.75) is 43.4 Å². The third-order valence-corrected chi connectivity index (χ3v) is 8.55. The summed E-state index contributed by atoms with van der Waals surface area (Å²) in [5.74, 6) is 0.432. The zero-order valence-electron chi connectivity index (χ0n) is 18.5. The molecule has 7 nitrogen and oxygen atoms in total. The summed E-state index contributed by atoms with van der Waals surface area (Å²) in [6.45, 7) is 7.36. The van der Waals surface area contributed by atoms with Gasteiger partial charge in [-0.15, -0.1) is 10.2 Å². The van der Waals surface area contributed by atoms with Gasteiger partial charge in [-0.2, -0.15) is 0 Å². The van der Waals surface area contributed by atoms with Crippen LogP contribution in [-0.2, 0) is 14.8 Å². The lowest BCUT2D eigenvalue weighted by molar-refractivity contribution is -0.114. The molecule has 10 heteroatoms. The predicted molar refractivity (Wildman–Crippen MR) is 131 cm³/mol. The van der Waals surface area contributed by atoms with Crippen molar-refractivity contribution in [3.8, 4) is 0 Å². The summed E-state index contributed by atoms with van der Waals surface area (Å²) >= 11 is 2.85. The monoisotopic (exact) mass is 490 g/mol. The van der Waals surface area contributed by atoms with Gasteiger partial charge in [0.1, 0.15) is 6.54 Å². The predicted octanol–water partition coefficient (Wildman–Crippen LogP) is 4.80. The number of sulfonamides is 1. The summed E-state index contributed by atoms with van der Waals surface area (Å²) in [6, 6.07) is 12.1. The number of nitrogens with one attached hydrogen (secondary N) is 1. The first-order valence-electron chi connectivity index (χ1n) is 10.1. The van der Waals surface area contributed by atoms with Crippen LogP contribution in [0.4, 0.5) is 10.8 Å². The molecule has 0 unspecified atom stereocenters. The fourth-order valence-corrected chi connectivity index (χ4v) is 6.20. The Kier molecular flexibility index (Phi) is 7.91. The smallest absolute Gasteiger partial charge is 0.264 e. The highest BCUT2D eigenvalue weighted by atomic mass is 32.2. The molecule has 0 aliphatic rings. The van der Waals surface area contributed by atoms with Crippen LogP contribution in [0.25, 0.3) is 0 Å². The lowest BCUT2D eigenvalue weighted by Gasteiger charge is -2.25. The molecule has 0 spiro atoms. The molecule has 0 aliphatic heterocycles. The zero-order valence-corrected chi connectivity index (χ0v) is 20.9. The Hall–Kier alpha value is -2.43. The van der Waals surface area contributed by atoms with Crippen molar-refractivity contribution in [2.24, 2.45) is 0 Å². The van der Waals surface area contributed by atoms with Crippen LogP contribution in [0.15, 0.2) is 51.7 Å². The molecule has 0 aliphatic carbocycles. The second-order valence-corrected chi connectivity index (χ2v) is 11.6. The first-order chi connectivity index (χ1) is 15.2. The molecule has 3 aromatic rings. The van der Waals surface area contributed by atoms with Gasteiger partial charge in [0.15, 0.2) is 4.34 Å². The van der Waals surface area contributed by atoms with Gasteiger partial charge in [0.25, 0.3) is 10.0 Å². The molecular weight excluding hydrogens is 464 g/mol. The van der Waals surface area contributed by atoms with Gasteiger partial charge in [-0.1, -0.05) is 65.4 Å². The Bertz CT molecular complexity index is 1190. The molecule has 0 radical (unpaired) electrons. The largest absolute Gasteiger partial charge is 0.299 e. The van der Waals surface area contributed by atoms with E-state index in [0.29, 0.717) is 10.8 Å². The number of amides is 1. The number of anilines is 2. The summed E-state index contributed by atoms with van der Waals surface area (Å²) in [5.41, 5.74) is 3.19. The average molecular weight is 491 g/mol. The lowest BCUT2D eigenvalue weighted by atomic mass is 10.1. The van der Waals surface area contributed by atoms with Crippen molar-refractivity contribution in [2.75, 3.05) is 21.9 Å². The number of benzene rings is 2. The Morgan fingerprint density at radius 3 is 2.41 bits per heavy atom. The number of aryl methyl sites for hydroxylation is 3. The third kappa shape index (κ3) is 5.87. The van der Waals surface area contributed by atoms with Crippen molar-refractivity contribution in [1.29, 1.82) is 0 Å². The van der Waals surface area contributed by atoms with Crippen molar-refractivity contribution in [3.63, 3.8) is 0 Å². The number of hydrogen-bond acceptors (Lipinski definition) is 7. The van der Waals surface area contributed by atoms with E-state index in [1.54, 1.807) is 42.1 Å². The van der Waals surface area contributed by atoms with E-state index >= 15 is 0 Å². The van der Waals surface area contributed by atoms with Gasteiger partial charge in [0.05, 0.1) is 10.6 Å². The topological polar surface area (TPSA) is 92.3 Å². The summed E-state index contributed by atoms with van der Waals surface area (Å²) < 4.78 is 28.9. The van der Waals surface area contributed by atoms with Crippen LogP contribution >= 0.6 is 23.1 Å². The highest BCUT2D eigenvalue weighted by molar-refractivity contribution is 8.01. The fraction of sp³-hybridized carbons (Fsp3) is 0.318. The Balaban J connectivity index is 1.89. The van der Waals surface area contributed by atoms with Gasteiger partial charge in [0, 0.05) is 5.75 Å². The zero-order chi connectivity index (χ0) is 23.3. The Morgan fingerprint density at radius 1 is 1.06 bits per heavy atom. The Morgan fingerprint density at radius 2 is 1.75 bits per heavy atom. The average Bonchev–Trinajstić information content (AvgIpc) is 3.18. The molecule has 0 fully saturated rings. The number of carbonyl (C=O) groups is 1. The van der Waals surface area contributed by atoms with E-state index in [2.05, 4.69) is 22.4 Å². The summed E-state index contributed by atoms with van der Waals surface area (Å²) in [6.07, 6.45) is 1.01. The molecule has 1 N–H and O–H groups in total. The molecule has 170 valence electrons. The highest BCUT2D eigenvalue weighted by Gasteiger charge is 2.28. The molecule has 0 bridgehead atoms. The number of rotatable bonds is 9. The molecule has 1 heterocycles. The minimum absolute atomic E-state index is 0.130. The molecular formula is C22H26N4O3S3. The van der Waals surface area contributed by atoms with Crippen LogP contribution in [0.5, 0.6) is 0 Å². The van der Waals surface area contributed by atoms with Gasteiger partial charge >= 0.3 is 0 Å². The number of carbonyl (C=O) groups excluding carboxylic acids is 1. The standard InChI is InChI=1S/C22H26N4O3S3/c1-5-12-30-22-25-24-21(31-22)23-20(27)14-26(19-11-8-16(3)13-17(19)4)32(28,29)18-9-6-15(2)7-10-18/h6-11,13H,5,12,14H2,1-4H3,(H,23,24,27). The first-order valence-corrected chi connectivity index (χ1v) is 13.4. The van der Waals surface area contributed by atoms with Gasteiger partial charge in [-0.3, -0.25) is 14.4 Å². The van der Waals surface area contributed by atoms with Crippen molar-refractivity contribution in [1.82, 2.24) is 10.2 Å². The maximum Gasteiger partial charge on any atom is 0.264 e. The summed E-state index contributed by atoms with van der Waals surface area (Å²) in [5, 5.41) is 11.1. The summed E-state index contributed by atoms with van der Waals surface area (Å²) in [7, 11) is -3.96. The highest BCUT2D eigenvalue weighted by Crippen LogP contribution is 2.29. The van der Waals surface area contributed by atoms with Crippen LogP contribution in [0.1, 0.15) is 30.0 Å². The second kappa shape index (κ2) is 10.5. The van der Waals surface area contributed by atoms with Crippen LogP contribution in [0.2, 0.25) is 0 Å². The molecule has 1 aromatic heterocycles. The van der Waals surface area contributed by atoms with Crippen molar-refractivity contribution in [3.05, 3.63) is 59.2 Å². The lowest BCUT2D eigenvalue weighted by Crippen LogP contribution is -2.38. The SMILES string of the molecule is CCCSc1nnc(NC(=O)CN(c2ccc(C)cc2C)S(=O)(=O)c2ccc(C)cc2)s1. The van der Waals surface area contributed by atoms with Gasteiger partial charge in [0.2, 0.25) is 11.0 Å². The fourth-order valence-electron chi connectivity index (χ4n) is 3.02. The van der Waals surface area contributed by atoms with Gasteiger partial charge < -0.3 is 0 Å². The number of hydrogen-bond donors (Lipinski definition) is 1. The molecule has 1 amide bonds.